The van der Waals surface area contributed by atoms with E-state index in [1.165, 1.54) is 93.4 Å². The van der Waals surface area contributed by atoms with Crippen LogP contribution in [-0.2, 0) is 5.41 Å². The Kier molecular flexibility index (Phi) is 6.39. The zero-order valence-electron chi connectivity index (χ0n) is 29.8. The zero-order valence-corrected chi connectivity index (χ0v) is 30.8. The molecule has 0 unspecified atom stereocenters. The summed E-state index contributed by atoms with van der Waals surface area (Å²) in [6.07, 6.45) is 0. The highest BCUT2D eigenvalue weighted by molar-refractivity contribution is 7.24. The van der Waals surface area contributed by atoms with Crippen LogP contribution in [0.15, 0.2) is 188 Å². The molecule has 0 radical (unpaired) electrons. The van der Waals surface area contributed by atoms with E-state index in [9.17, 15) is 0 Å². The molecule has 0 amide bonds. The third kappa shape index (κ3) is 4.07. The van der Waals surface area contributed by atoms with Gasteiger partial charge in [-0.25, -0.2) is 0 Å². The minimum absolute atomic E-state index is 0.106. The number of hydrogen-bond donors (Lipinski definition) is 0. The second kappa shape index (κ2) is 11.1. The monoisotopic (exact) mass is 691 g/mol. The van der Waals surface area contributed by atoms with Crippen molar-refractivity contribution in [3.63, 3.8) is 0 Å². The molecule has 2 heteroatoms. The average Bonchev–Trinajstić information content (AvgIpc) is 3.77. The van der Waals surface area contributed by atoms with Crippen molar-refractivity contribution in [3.05, 3.63) is 199 Å². The van der Waals surface area contributed by atoms with Crippen molar-refractivity contribution in [1.29, 1.82) is 0 Å². The highest BCUT2D eigenvalue weighted by atomic mass is 28.3. The molecule has 0 aromatic heterocycles. The largest absolute Gasteiger partial charge is 0.310 e. The molecule has 2 heterocycles. The maximum Gasteiger partial charge on any atom is 0.182 e. The van der Waals surface area contributed by atoms with E-state index in [2.05, 4.69) is 207 Å². The number of nitrogens with zero attached hydrogens (tertiary/aromatic N) is 1. The van der Waals surface area contributed by atoms with Gasteiger partial charge in [0.25, 0.3) is 0 Å². The van der Waals surface area contributed by atoms with Gasteiger partial charge in [-0.1, -0.05) is 172 Å². The van der Waals surface area contributed by atoms with E-state index >= 15 is 0 Å². The Balaban J connectivity index is 1.17. The van der Waals surface area contributed by atoms with E-state index in [-0.39, 0.29) is 5.41 Å². The number of fused-ring (bicyclic) bond motifs is 13. The van der Waals surface area contributed by atoms with Gasteiger partial charge < -0.3 is 4.90 Å². The SMILES string of the molecule is CC1(C)c2ccccc2-c2ccc(N(c3ccc4c(c3)-c3ccccc3[Si]43c4ccccc4-c4ccccc43)c3ccccc3-c3ccccc3)cc21. The van der Waals surface area contributed by atoms with Crippen LogP contribution in [0.2, 0.25) is 0 Å². The van der Waals surface area contributed by atoms with Gasteiger partial charge >= 0.3 is 0 Å². The summed E-state index contributed by atoms with van der Waals surface area (Å²) >= 11 is 0. The Morgan fingerprint density at radius 3 is 1.51 bits per heavy atom. The molecular formula is C51H37NSi. The third-order valence-corrected chi connectivity index (χ3v) is 17.3. The van der Waals surface area contributed by atoms with Crippen LogP contribution in [0.5, 0.6) is 0 Å². The molecule has 8 aromatic carbocycles. The summed E-state index contributed by atoms with van der Waals surface area (Å²) in [6, 6.07) is 70.8. The molecule has 0 saturated carbocycles. The van der Waals surface area contributed by atoms with Gasteiger partial charge in [0.05, 0.1) is 5.69 Å². The van der Waals surface area contributed by atoms with Gasteiger partial charge in [0, 0.05) is 22.4 Å². The van der Waals surface area contributed by atoms with Gasteiger partial charge in [0.15, 0.2) is 8.07 Å². The lowest BCUT2D eigenvalue weighted by atomic mass is 9.82. The van der Waals surface area contributed by atoms with Gasteiger partial charge in [-0.05, 0) is 101 Å². The molecule has 3 aliphatic rings. The van der Waals surface area contributed by atoms with Crippen LogP contribution in [0.4, 0.5) is 17.1 Å². The summed E-state index contributed by atoms with van der Waals surface area (Å²) in [7, 11) is -2.52. The molecule has 0 atom stereocenters. The molecule has 1 aliphatic carbocycles. The molecule has 0 bridgehead atoms. The van der Waals surface area contributed by atoms with Crippen molar-refractivity contribution in [3.8, 4) is 44.5 Å². The lowest BCUT2D eigenvalue weighted by Crippen LogP contribution is -2.70. The normalized spacial score (nSPS) is 14.5. The quantitative estimate of drug-likeness (QED) is 0.166. The predicted molar refractivity (Wildman–Crippen MR) is 226 cm³/mol. The van der Waals surface area contributed by atoms with E-state index in [1.807, 2.05) is 0 Å². The number of benzene rings is 8. The van der Waals surface area contributed by atoms with Crippen molar-refractivity contribution in [2.75, 3.05) is 4.90 Å². The zero-order chi connectivity index (χ0) is 35.3. The molecule has 1 nitrogen and oxygen atoms in total. The fraction of sp³-hybridized carbons (Fsp3) is 0.0588. The highest BCUT2D eigenvalue weighted by Crippen LogP contribution is 2.51. The number of anilines is 3. The van der Waals surface area contributed by atoms with Crippen LogP contribution in [-0.4, -0.2) is 8.07 Å². The Hall–Kier alpha value is -6.22. The van der Waals surface area contributed by atoms with Crippen molar-refractivity contribution in [2.24, 2.45) is 0 Å². The summed E-state index contributed by atoms with van der Waals surface area (Å²) in [6.45, 7) is 4.74. The summed E-state index contributed by atoms with van der Waals surface area (Å²) < 4.78 is 0. The third-order valence-electron chi connectivity index (χ3n) is 12.3. The first-order valence-electron chi connectivity index (χ1n) is 18.7. The molecule has 1 spiro atoms. The number of para-hydroxylation sites is 1. The first kappa shape index (κ1) is 30.4. The summed E-state index contributed by atoms with van der Waals surface area (Å²) in [5, 5.41) is 6.00. The summed E-state index contributed by atoms with van der Waals surface area (Å²) in [5.74, 6) is 0. The Morgan fingerprint density at radius 1 is 0.358 bits per heavy atom. The van der Waals surface area contributed by atoms with Gasteiger partial charge in [0.2, 0.25) is 0 Å². The Labute approximate surface area is 312 Å². The van der Waals surface area contributed by atoms with Gasteiger partial charge in [-0.15, -0.1) is 0 Å². The highest BCUT2D eigenvalue weighted by Gasteiger charge is 2.53. The van der Waals surface area contributed by atoms with Crippen LogP contribution in [0, 0.1) is 0 Å². The van der Waals surface area contributed by atoms with Crippen molar-refractivity contribution in [1.82, 2.24) is 0 Å². The van der Waals surface area contributed by atoms with Crippen LogP contribution in [0.1, 0.15) is 25.0 Å². The molecular weight excluding hydrogens is 655 g/mol. The molecule has 0 saturated heterocycles. The smallest absolute Gasteiger partial charge is 0.182 e. The van der Waals surface area contributed by atoms with Crippen molar-refractivity contribution < 1.29 is 0 Å². The number of rotatable bonds is 4. The van der Waals surface area contributed by atoms with Crippen molar-refractivity contribution >= 4 is 45.9 Å². The van der Waals surface area contributed by atoms with Crippen LogP contribution in [0.25, 0.3) is 44.5 Å². The fourth-order valence-electron chi connectivity index (χ4n) is 10.0. The van der Waals surface area contributed by atoms with E-state index in [1.54, 1.807) is 0 Å². The molecule has 0 fully saturated rings. The fourth-order valence-corrected chi connectivity index (χ4v) is 15.6. The molecule has 250 valence electrons. The molecule has 8 aromatic rings. The Morgan fingerprint density at radius 2 is 0.830 bits per heavy atom. The number of hydrogen-bond acceptors (Lipinski definition) is 1. The van der Waals surface area contributed by atoms with Gasteiger partial charge in [-0.2, -0.15) is 0 Å². The van der Waals surface area contributed by atoms with Crippen molar-refractivity contribution in [2.45, 2.75) is 19.3 Å². The molecule has 53 heavy (non-hydrogen) atoms. The van der Waals surface area contributed by atoms with Crippen LogP contribution < -0.4 is 25.6 Å². The van der Waals surface area contributed by atoms with E-state index in [4.69, 9.17) is 0 Å². The van der Waals surface area contributed by atoms with Gasteiger partial charge in [0.1, 0.15) is 0 Å². The molecule has 11 rings (SSSR count). The minimum atomic E-state index is -2.52. The van der Waals surface area contributed by atoms with Crippen LogP contribution in [0.3, 0.4) is 0 Å². The molecule has 0 N–H and O–H groups in total. The van der Waals surface area contributed by atoms with E-state index < -0.39 is 8.07 Å². The minimum Gasteiger partial charge on any atom is -0.310 e. The first-order chi connectivity index (χ1) is 26.1. The van der Waals surface area contributed by atoms with E-state index in [0.717, 1.165) is 0 Å². The van der Waals surface area contributed by atoms with E-state index in [0.29, 0.717) is 0 Å². The Bertz CT molecular complexity index is 2730. The maximum absolute atomic E-state index is 2.52. The first-order valence-corrected chi connectivity index (χ1v) is 20.7. The predicted octanol–water partition coefficient (Wildman–Crippen LogP) is 10.5. The lowest BCUT2D eigenvalue weighted by Gasteiger charge is -2.31. The standard InChI is InChI=1S/C51H37NSi/c1-51(2)44-23-11-6-19-38(44)39-30-28-36(33-45(39)51)52(46-24-12-7-18-37(46)34-16-4-3-5-17-34)35-29-31-50-43(32-35)42-22-10-15-27-49(42)53(50)47-25-13-8-20-40(47)41-21-9-14-26-48(41)53/h3-33H,1-2H3. The average molecular weight is 692 g/mol. The summed E-state index contributed by atoms with van der Waals surface area (Å²) in [4.78, 5) is 2.51. The van der Waals surface area contributed by atoms with Gasteiger partial charge in [-0.3, -0.25) is 0 Å². The maximum atomic E-state index is 2.51. The summed E-state index contributed by atoms with van der Waals surface area (Å²) in [5.41, 5.74) is 16.8. The topological polar surface area (TPSA) is 3.24 Å². The lowest BCUT2D eigenvalue weighted by molar-refractivity contribution is 0.660. The second-order valence-electron chi connectivity index (χ2n) is 15.2. The molecule has 2 aliphatic heterocycles. The van der Waals surface area contributed by atoms with Crippen LogP contribution >= 0.6 is 0 Å². The second-order valence-corrected chi connectivity index (χ2v) is 18.9.